The van der Waals surface area contributed by atoms with Crippen molar-refractivity contribution in [3.63, 3.8) is 0 Å². The molecule has 0 N–H and O–H groups in total. The van der Waals surface area contributed by atoms with E-state index < -0.39 is 4.92 Å². The van der Waals surface area contributed by atoms with E-state index in [9.17, 15) is 14.9 Å². The van der Waals surface area contributed by atoms with Crippen molar-refractivity contribution in [3.8, 4) is 11.5 Å². The van der Waals surface area contributed by atoms with Crippen LogP contribution in [0, 0.1) is 22.0 Å². The van der Waals surface area contributed by atoms with E-state index in [2.05, 4.69) is 10.2 Å². The van der Waals surface area contributed by atoms with Gasteiger partial charge in [0.1, 0.15) is 0 Å². The first-order valence-electron chi connectivity index (χ1n) is 6.78. The highest BCUT2D eigenvalue weighted by Crippen LogP contribution is 2.38. The van der Waals surface area contributed by atoms with E-state index >= 15 is 0 Å². The lowest BCUT2D eigenvalue weighted by Gasteiger charge is -1.99. The van der Waals surface area contributed by atoms with Gasteiger partial charge >= 0.3 is 5.97 Å². The van der Waals surface area contributed by atoms with Crippen LogP contribution in [0.1, 0.15) is 19.2 Å². The van der Waals surface area contributed by atoms with Crippen LogP contribution in [0.15, 0.2) is 28.7 Å². The number of nitrogens with zero attached hydrogens (tertiary/aromatic N) is 3. The van der Waals surface area contributed by atoms with Gasteiger partial charge in [-0.2, -0.15) is 0 Å². The Hall–Kier alpha value is -2.77. The van der Waals surface area contributed by atoms with E-state index in [1.807, 2.05) is 6.92 Å². The average Bonchev–Trinajstić information content (AvgIpc) is 3.06. The number of ether oxygens (including phenoxy) is 1. The Balaban J connectivity index is 1.63. The van der Waals surface area contributed by atoms with Gasteiger partial charge in [0.25, 0.3) is 11.6 Å². The number of carbonyl (C=O) groups is 1. The highest BCUT2D eigenvalue weighted by molar-refractivity contribution is 5.75. The summed E-state index contributed by atoms with van der Waals surface area (Å²) in [5.41, 5.74) is 0.544. The standard InChI is InChI=1S/C14H13N3O5/c1-8-6-11(8)14(18)21-7-12-15-16-13(22-12)9-2-4-10(5-3-9)17(19)20/h2-5,8,11H,6-7H2,1H3/t8-,11+/m1/s1. The van der Waals surface area contributed by atoms with Crippen LogP contribution in [-0.4, -0.2) is 21.1 Å². The molecule has 22 heavy (non-hydrogen) atoms. The third-order valence-corrected chi connectivity index (χ3v) is 3.54. The molecule has 0 unspecified atom stereocenters. The van der Waals surface area contributed by atoms with Crippen LogP contribution in [0.3, 0.4) is 0 Å². The van der Waals surface area contributed by atoms with Crippen molar-refractivity contribution >= 4 is 11.7 Å². The Morgan fingerprint density at radius 3 is 2.68 bits per heavy atom. The minimum atomic E-state index is -0.485. The molecule has 1 aromatic heterocycles. The van der Waals surface area contributed by atoms with Crippen LogP contribution < -0.4 is 0 Å². The molecular weight excluding hydrogens is 290 g/mol. The molecule has 2 atom stereocenters. The van der Waals surface area contributed by atoms with E-state index in [-0.39, 0.29) is 36.0 Å². The number of nitro benzene ring substituents is 1. The Morgan fingerprint density at radius 2 is 2.09 bits per heavy atom. The van der Waals surface area contributed by atoms with Crippen LogP contribution in [0.25, 0.3) is 11.5 Å². The van der Waals surface area contributed by atoms with Gasteiger partial charge < -0.3 is 9.15 Å². The third-order valence-electron chi connectivity index (χ3n) is 3.54. The van der Waals surface area contributed by atoms with Gasteiger partial charge in [-0.1, -0.05) is 6.92 Å². The number of aromatic nitrogens is 2. The quantitative estimate of drug-likeness (QED) is 0.473. The molecule has 1 fully saturated rings. The Labute approximate surface area is 125 Å². The summed E-state index contributed by atoms with van der Waals surface area (Å²) in [7, 11) is 0. The minimum Gasteiger partial charge on any atom is -0.455 e. The van der Waals surface area contributed by atoms with Crippen molar-refractivity contribution in [2.75, 3.05) is 0 Å². The summed E-state index contributed by atoms with van der Waals surface area (Å²) >= 11 is 0. The van der Waals surface area contributed by atoms with Crippen LogP contribution in [0.2, 0.25) is 0 Å². The lowest BCUT2D eigenvalue weighted by Crippen LogP contribution is -2.07. The second kappa shape index (κ2) is 5.55. The van der Waals surface area contributed by atoms with Crippen molar-refractivity contribution in [3.05, 3.63) is 40.3 Å². The van der Waals surface area contributed by atoms with Gasteiger partial charge in [0.05, 0.1) is 10.8 Å². The molecule has 0 amide bonds. The highest BCUT2D eigenvalue weighted by atomic mass is 16.6. The number of nitro groups is 1. The molecule has 2 aromatic rings. The molecule has 1 aliphatic rings. The van der Waals surface area contributed by atoms with Gasteiger partial charge in [-0.3, -0.25) is 14.9 Å². The molecule has 0 bridgehead atoms. The first-order valence-corrected chi connectivity index (χ1v) is 6.78. The predicted molar refractivity (Wildman–Crippen MR) is 73.5 cm³/mol. The molecule has 1 heterocycles. The Morgan fingerprint density at radius 1 is 1.41 bits per heavy atom. The van der Waals surface area contributed by atoms with Gasteiger partial charge in [-0.25, -0.2) is 0 Å². The summed E-state index contributed by atoms with van der Waals surface area (Å²) in [5.74, 6) is 0.529. The fraction of sp³-hybridized carbons (Fsp3) is 0.357. The van der Waals surface area contributed by atoms with Crippen LogP contribution in [0.4, 0.5) is 5.69 Å². The van der Waals surface area contributed by atoms with Gasteiger partial charge in [0.15, 0.2) is 6.61 Å². The summed E-state index contributed by atoms with van der Waals surface area (Å²) in [6.07, 6.45) is 0.858. The molecule has 0 saturated heterocycles. The van der Waals surface area contributed by atoms with Crippen molar-refractivity contribution < 1.29 is 18.9 Å². The molecule has 8 nitrogen and oxygen atoms in total. The monoisotopic (exact) mass is 303 g/mol. The summed E-state index contributed by atoms with van der Waals surface area (Å²) in [6.45, 7) is 1.92. The molecule has 114 valence electrons. The molecule has 0 radical (unpaired) electrons. The maximum absolute atomic E-state index is 11.6. The average molecular weight is 303 g/mol. The first-order chi connectivity index (χ1) is 10.5. The van der Waals surface area contributed by atoms with Crippen LogP contribution in [0.5, 0.6) is 0 Å². The molecule has 3 rings (SSSR count). The normalized spacial score (nSPS) is 19.7. The number of esters is 1. The lowest BCUT2D eigenvalue weighted by molar-refractivity contribution is -0.384. The fourth-order valence-corrected chi connectivity index (χ4v) is 2.04. The second-order valence-electron chi connectivity index (χ2n) is 5.23. The zero-order valence-corrected chi connectivity index (χ0v) is 11.8. The highest BCUT2D eigenvalue weighted by Gasteiger charge is 2.40. The molecule has 0 spiro atoms. The summed E-state index contributed by atoms with van der Waals surface area (Å²) in [6, 6.07) is 5.75. The van der Waals surface area contributed by atoms with E-state index in [0.717, 1.165) is 6.42 Å². The first kappa shape index (κ1) is 14.2. The lowest BCUT2D eigenvalue weighted by atomic mass is 10.2. The molecule has 1 aliphatic carbocycles. The molecular formula is C14H13N3O5. The smallest absolute Gasteiger partial charge is 0.309 e. The fourth-order valence-electron chi connectivity index (χ4n) is 2.04. The van der Waals surface area contributed by atoms with E-state index in [1.54, 1.807) is 0 Å². The van der Waals surface area contributed by atoms with Crippen molar-refractivity contribution in [1.29, 1.82) is 0 Å². The third kappa shape index (κ3) is 2.95. The molecule has 1 saturated carbocycles. The van der Waals surface area contributed by atoms with Gasteiger partial charge in [-0.15, -0.1) is 10.2 Å². The van der Waals surface area contributed by atoms with Gasteiger partial charge in [-0.05, 0) is 24.5 Å². The summed E-state index contributed by atoms with van der Waals surface area (Å²) in [4.78, 5) is 21.7. The summed E-state index contributed by atoms with van der Waals surface area (Å²) in [5, 5.41) is 18.2. The molecule has 8 heteroatoms. The largest absolute Gasteiger partial charge is 0.455 e. The predicted octanol–water partition coefficient (Wildman–Crippen LogP) is 2.34. The SMILES string of the molecule is C[C@@H]1C[C@@H]1C(=O)OCc1nnc(-c2ccc([N+](=O)[O-])cc2)o1. The summed E-state index contributed by atoms with van der Waals surface area (Å²) < 4.78 is 10.5. The van der Waals surface area contributed by atoms with Gasteiger partial charge in [0.2, 0.25) is 5.89 Å². The molecule has 1 aromatic carbocycles. The topological polar surface area (TPSA) is 108 Å². The maximum atomic E-state index is 11.6. The number of hydrogen-bond acceptors (Lipinski definition) is 7. The molecule has 0 aliphatic heterocycles. The number of benzene rings is 1. The Bertz CT molecular complexity index is 710. The van der Waals surface area contributed by atoms with Crippen LogP contribution >= 0.6 is 0 Å². The van der Waals surface area contributed by atoms with Crippen molar-refractivity contribution in [1.82, 2.24) is 10.2 Å². The van der Waals surface area contributed by atoms with Crippen LogP contribution in [-0.2, 0) is 16.1 Å². The van der Waals surface area contributed by atoms with E-state index in [1.165, 1.54) is 24.3 Å². The maximum Gasteiger partial charge on any atom is 0.309 e. The number of carbonyl (C=O) groups excluding carboxylic acids is 1. The van der Waals surface area contributed by atoms with E-state index in [4.69, 9.17) is 9.15 Å². The zero-order valence-electron chi connectivity index (χ0n) is 11.8. The number of rotatable bonds is 5. The minimum absolute atomic E-state index is 0.0166. The second-order valence-corrected chi connectivity index (χ2v) is 5.23. The number of hydrogen-bond donors (Lipinski definition) is 0. The zero-order chi connectivity index (χ0) is 15.7. The van der Waals surface area contributed by atoms with Crippen molar-refractivity contribution in [2.24, 2.45) is 11.8 Å². The van der Waals surface area contributed by atoms with E-state index in [0.29, 0.717) is 11.5 Å². The Kier molecular flexibility index (Phi) is 3.58. The van der Waals surface area contributed by atoms with Gasteiger partial charge in [0, 0.05) is 17.7 Å². The number of non-ortho nitro benzene ring substituents is 1. The van der Waals surface area contributed by atoms with Crippen molar-refractivity contribution in [2.45, 2.75) is 20.0 Å².